The monoisotopic (exact) mass is 262 g/mol. The van der Waals surface area contributed by atoms with E-state index in [2.05, 4.69) is 5.10 Å². The highest BCUT2D eigenvalue weighted by Gasteiger charge is 2.27. The van der Waals surface area contributed by atoms with Crippen LogP contribution in [0.25, 0.3) is 0 Å². The van der Waals surface area contributed by atoms with E-state index in [1.807, 2.05) is 6.07 Å². The van der Waals surface area contributed by atoms with Gasteiger partial charge in [0.05, 0.1) is 18.0 Å². The molecule has 0 N–H and O–H groups in total. The van der Waals surface area contributed by atoms with Crippen molar-refractivity contribution in [1.29, 1.82) is 0 Å². The smallest absolute Gasteiger partial charge is 0.151 e. The first-order valence-electron chi connectivity index (χ1n) is 5.45. The summed E-state index contributed by atoms with van der Waals surface area (Å²) in [5, 5.41) is 4.86. The molecule has 0 aliphatic heterocycles. The molecule has 6 heteroatoms. The Morgan fingerprint density at radius 3 is 2.81 bits per heavy atom. The van der Waals surface area contributed by atoms with Crippen LogP contribution in [-0.2, 0) is 16.4 Å². The highest BCUT2D eigenvalue weighted by Crippen LogP contribution is 2.39. The zero-order chi connectivity index (χ0) is 11.8. The molecule has 1 aliphatic carbocycles. The van der Waals surface area contributed by atoms with Crippen molar-refractivity contribution in [2.45, 2.75) is 32.2 Å². The summed E-state index contributed by atoms with van der Waals surface area (Å²) < 4.78 is 24.3. The molecule has 0 spiro atoms. The van der Waals surface area contributed by atoms with Gasteiger partial charge in [0.2, 0.25) is 0 Å². The molecule has 4 nitrogen and oxygen atoms in total. The van der Waals surface area contributed by atoms with Crippen molar-refractivity contribution >= 4 is 21.4 Å². The Labute approximate surface area is 101 Å². The average molecular weight is 263 g/mol. The second-order valence-corrected chi connectivity index (χ2v) is 6.99. The summed E-state index contributed by atoms with van der Waals surface area (Å²) in [6.07, 6.45) is 2.33. The van der Waals surface area contributed by atoms with Crippen molar-refractivity contribution in [1.82, 2.24) is 9.78 Å². The number of rotatable bonds is 5. The van der Waals surface area contributed by atoms with Crippen molar-refractivity contribution in [3.8, 4) is 0 Å². The van der Waals surface area contributed by atoms with Gasteiger partial charge in [-0.05, 0) is 18.9 Å². The summed E-state index contributed by atoms with van der Waals surface area (Å²) >= 11 is 5.99. The molecule has 0 radical (unpaired) electrons. The van der Waals surface area contributed by atoms with Gasteiger partial charge >= 0.3 is 0 Å². The van der Waals surface area contributed by atoms with Crippen LogP contribution in [0.1, 0.15) is 31.4 Å². The van der Waals surface area contributed by atoms with E-state index in [1.165, 1.54) is 12.8 Å². The van der Waals surface area contributed by atoms with Gasteiger partial charge in [0.25, 0.3) is 0 Å². The second kappa shape index (κ2) is 4.37. The SMILES string of the molecule is CCS(=O)(=O)CCn1nc(C2CC2)cc1Cl. The van der Waals surface area contributed by atoms with Crippen LogP contribution in [-0.4, -0.2) is 29.7 Å². The van der Waals surface area contributed by atoms with Crippen LogP contribution in [0, 0.1) is 0 Å². The standard InChI is InChI=1S/C10H15ClN2O2S/c1-2-16(14,15)6-5-13-10(11)7-9(12-13)8-3-4-8/h7-8H,2-6H2,1H3. The maximum absolute atomic E-state index is 11.4. The third-order valence-electron chi connectivity index (χ3n) is 2.80. The van der Waals surface area contributed by atoms with Gasteiger partial charge in [-0.1, -0.05) is 18.5 Å². The van der Waals surface area contributed by atoms with Crippen LogP contribution in [0.15, 0.2) is 6.07 Å². The van der Waals surface area contributed by atoms with E-state index in [0.29, 0.717) is 17.6 Å². The minimum atomic E-state index is -2.95. The van der Waals surface area contributed by atoms with E-state index in [9.17, 15) is 8.42 Å². The molecule has 0 amide bonds. The Hall–Kier alpha value is -0.550. The van der Waals surface area contributed by atoms with Crippen molar-refractivity contribution in [3.63, 3.8) is 0 Å². The Bertz CT molecular complexity index is 477. The van der Waals surface area contributed by atoms with Gasteiger partial charge in [-0.15, -0.1) is 0 Å². The van der Waals surface area contributed by atoms with Crippen LogP contribution >= 0.6 is 11.6 Å². The molecule has 0 aromatic carbocycles. The minimum Gasteiger partial charge on any atom is -0.253 e. The molecule has 0 bridgehead atoms. The molecule has 1 saturated carbocycles. The number of aromatic nitrogens is 2. The molecule has 0 unspecified atom stereocenters. The zero-order valence-corrected chi connectivity index (χ0v) is 10.8. The molecule has 1 fully saturated rings. The highest BCUT2D eigenvalue weighted by molar-refractivity contribution is 7.91. The van der Waals surface area contributed by atoms with Crippen molar-refractivity contribution in [2.75, 3.05) is 11.5 Å². The summed E-state index contributed by atoms with van der Waals surface area (Å²) in [6.45, 7) is 2.00. The number of aryl methyl sites for hydroxylation is 1. The maximum atomic E-state index is 11.4. The Morgan fingerprint density at radius 1 is 1.56 bits per heavy atom. The number of nitrogens with zero attached hydrogens (tertiary/aromatic N) is 2. The lowest BCUT2D eigenvalue weighted by atomic mass is 10.3. The first-order chi connectivity index (χ1) is 7.52. The Kier molecular flexibility index (Phi) is 3.26. The molecular weight excluding hydrogens is 248 g/mol. The van der Waals surface area contributed by atoms with Gasteiger partial charge in [0.1, 0.15) is 5.15 Å². The normalized spacial score (nSPS) is 16.6. The van der Waals surface area contributed by atoms with E-state index >= 15 is 0 Å². The Balaban J connectivity index is 2.04. The minimum absolute atomic E-state index is 0.106. The average Bonchev–Trinajstić information content (AvgIpc) is 3.01. The van der Waals surface area contributed by atoms with Gasteiger partial charge in [0.15, 0.2) is 9.84 Å². The maximum Gasteiger partial charge on any atom is 0.151 e. The van der Waals surface area contributed by atoms with Crippen LogP contribution in [0.2, 0.25) is 5.15 Å². The molecule has 2 rings (SSSR count). The van der Waals surface area contributed by atoms with E-state index < -0.39 is 9.84 Å². The fourth-order valence-corrected chi connectivity index (χ4v) is 2.49. The quantitative estimate of drug-likeness (QED) is 0.814. The number of hydrogen-bond donors (Lipinski definition) is 0. The van der Waals surface area contributed by atoms with Gasteiger partial charge < -0.3 is 0 Å². The third-order valence-corrected chi connectivity index (χ3v) is 4.79. The summed E-state index contributed by atoms with van der Waals surface area (Å²) in [7, 11) is -2.95. The fraction of sp³-hybridized carbons (Fsp3) is 0.700. The second-order valence-electron chi connectivity index (χ2n) is 4.13. The summed E-state index contributed by atoms with van der Waals surface area (Å²) in [6, 6.07) is 1.85. The largest absolute Gasteiger partial charge is 0.253 e. The predicted molar refractivity (Wildman–Crippen MR) is 63.5 cm³/mol. The van der Waals surface area contributed by atoms with Crippen LogP contribution < -0.4 is 0 Å². The van der Waals surface area contributed by atoms with Crippen LogP contribution in [0.3, 0.4) is 0 Å². The number of halogens is 1. The fourth-order valence-electron chi connectivity index (χ4n) is 1.52. The van der Waals surface area contributed by atoms with E-state index in [-0.39, 0.29) is 11.5 Å². The number of hydrogen-bond acceptors (Lipinski definition) is 3. The van der Waals surface area contributed by atoms with Crippen molar-refractivity contribution in [2.24, 2.45) is 0 Å². The molecule has 1 heterocycles. The topological polar surface area (TPSA) is 52.0 Å². The first-order valence-corrected chi connectivity index (χ1v) is 7.65. The predicted octanol–water partition coefficient (Wildman–Crippen LogP) is 1.85. The zero-order valence-electron chi connectivity index (χ0n) is 9.19. The molecular formula is C10H15ClN2O2S. The molecule has 1 aliphatic rings. The Morgan fingerprint density at radius 2 is 2.25 bits per heavy atom. The molecule has 16 heavy (non-hydrogen) atoms. The van der Waals surface area contributed by atoms with E-state index in [0.717, 1.165) is 5.69 Å². The lowest BCUT2D eigenvalue weighted by Crippen LogP contribution is -2.15. The molecule has 90 valence electrons. The third kappa shape index (κ3) is 2.77. The van der Waals surface area contributed by atoms with Gasteiger partial charge in [-0.2, -0.15) is 5.10 Å². The molecule has 0 atom stereocenters. The van der Waals surface area contributed by atoms with Gasteiger partial charge in [0, 0.05) is 11.7 Å². The van der Waals surface area contributed by atoms with Gasteiger partial charge in [-0.3, -0.25) is 4.68 Å². The lowest BCUT2D eigenvalue weighted by molar-refractivity contribution is 0.580. The van der Waals surface area contributed by atoms with E-state index in [4.69, 9.17) is 11.6 Å². The lowest BCUT2D eigenvalue weighted by Gasteiger charge is -2.03. The van der Waals surface area contributed by atoms with E-state index in [1.54, 1.807) is 11.6 Å². The molecule has 1 aromatic heterocycles. The first kappa shape index (κ1) is 11.9. The van der Waals surface area contributed by atoms with Crippen molar-refractivity contribution < 1.29 is 8.42 Å². The summed E-state index contributed by atoms with van der Waals surface area (Å²) in [4.78, 5) is 0. The van der Waals surface area contributed by atoms with Crippen LogP contribution in [0.5, 0.6) is 0 Å². The van der Waals surface area contributed by atoms with Gasteiger partial charge in [-0.25, -0.2) is 8.42 Å². The molecule has 1 aromatic rings. The van der Waals surface area contributed by atoms with Crippen molar-refractivity contribution in [3.05, 3.63) is 16.9 Å². The summed E-state index contributed by atoms with van der Waals surface area (Å²) in [5.41, 5.74) is 0.999. The molecule has 0 saturated heterocycles. The highest BCUT2D eigenvalue weighted by atomic mass is 35.5. The van der Waals surface area contributed by atoms with Crippen LogP contribution in [0.4, 0.5) is 0 Å². The summed E-state index contributed by atoms with van der Waals surface area (Å²) in [5.74, 6) is 0.817. The number of sulfone groups is 1.